The summed E-state index contributed by atoms with van der Waals surface area (Å²) in [6, 6.07) is 3.41. The number of amides is 2. The van der Waals surface area contributed by atoms with Crippen LogP contribution in [0.4, 0.5) is 10.6 Å². The number of anilines is 1. The van der Waals surface area contributed by atoms with Crippen molar-refractivity contribution in [2.45, 2.75) is 53.1 Å². The molecule has 3 N–H and O–H groups in total. The predicted octanol–water partition coefficient (Wildman–Crippen LogP) is 2.97. The van der Waals surface area contributed by atoms with Gasteiger partial charge in [-0.05, 0) is 59.6 Å². The molecule has 0 saturated carbocycles. The van der Waals surface area contributed by atoms with Crippen LogP contribution in [0.15, 0.2) is 23.4 Å². The van der Waals surface area contributed by atoms with Crippen molar-refractivity contribution < 1.29 is 28.5 Å². The van der Waals surface area contributed by atoms with Crippen molar-refractivity contribution >= 4 is 23.5 Å². The zero-order valence-corrected chi connectivity index (χ0v) is 21.6. The van der Waals surface area contributed by atoms with Crippen molar-refractivity contribution in [1.29, 1.82) is 0 Å². The number of ether oxygens (including phenoxy) is 4. The monoisotopic (exact) mass is 495 g/mol. The molecule has 0 saturated heterocycles. The first-order valence-electron chi connectivity index (χ1n) is 11.9. The average Bonchev–Trinajstić information content (AvgIpc) is 2.79. The molecule has 1 heterocycles. The Morgan fingerprint density at radius 2 is 1.46 bits per heavy atom. The van der Waals surface area contributed by atoms with Crippen LogP contribution < -0.4 is 16.1 Å². The van der Waals surface area contributed by atoms with Gasteiger partial charge in [-0.1, -0.05) is 0 Å². The number of nitrogens with zero attached hydrogens (tertiary/aromatic N) is 2. The maximum atomic E-state index is 12.1. The van der Waals surface area contributed by atoms with Gasteiger partial charge in [0.15, 0.2) is 0 Å². The van der Waals surface area contributed by atoms with E-state index >= 15 is 0 Å². The van der Waals surface area contributed by atoms with E-state index in [2.05, 4.69) is 26.1 Å². The summed E-state index contributed by atoms with van der Waals surface area (Å²) in [6.45, 7) is 13.2. The molecule has 198 valence electrons. The summed E-state index contributed by atoms with van der Waals surface area (Å²) in [4.78, 5) is 27.8. The highest BCUT2D eigenvalue weighted by atomic mass is 16.6. The summed E-state index contributed by atoms with van der Waals surface area (Å²) in [7, 11) is 0. The number of aromatic nitrogens is 1. The van der Waals surface area contributed by atoms with E-state index in [0.29, 0.717) is 77.0 Å². The number of nitrogens with one attached hydrogen (secondary N) is 3. The molecule has 0 aromatic carbocycles. The van der Waals surface area contributed by atoms with Crippen LogP contribution in [0.2, 0.25) is 0 Å². The predicted molar refractivity (Wildman–Crippen MR) is 135 cm³/mol. The van der Waals surface area contributed by atoms with Gasteiger partial charge in [0.2, 0.25) is 0 Å². The van der Waals surface area contributed by atoms with Gasteiger partial charge in [-0.2, -0.15) is 5.10 Å². The van der Waals surface area contributed by atoms with Crippen LogP contribution in [-0.2, 0) is 18.9 Å². The van der Waals surface area contributed by atoms with E-state index in [4.69, 9.17) is 18.9 Å². The highest BCUT2D eigenvalue weighted by molar-refractivity contribution is 5.94. The first kappa shape index (κ1) is 30.3. The quantitative estimate of drug-likeness (QED) is 0.171. The largest absolute Gasteiger partial charge is 0.444 e. The van der Waals surface area contributed by atoms with Crippen LogP contribution in [0.3, 0.4) is 0 Å². The molecule has 11 nitrogen and oxygen atoms in total. The van der Waals surface area contributed by atoms with Gasteiger partial charge in [-0.3, -0.25) is 10.2 Å². The van der Waals surface area contributed by atoms with Crippen molar-refractivity contribution in [2.24, 2.45) is 5.10 Å². The van der Waals surface area contributed by atoms with E-state index in [1.807, 2.05) is 34.6 Å². The first-order valence-corrected chi connectivity index (χ1v) is 11.9. The van der Waals surface area contributed by atoms with Crippen LogP contribution in [0.5, 0.6) is 0 Å². The molecule has 0 spiro atoms. The Labute approximate surface area is 208 Å². The molecule has 0 aliphatic heterocycles. The number of hydrazone groups is 1. The van der Waals surface area contributed by atoms with Crippen molar-refractivity contribution in [3.8, 4) is 0 Å². The molecular formula is C24H41N5O6. The molecule has 0 bridgehead atoms. The number of hydrogen-bond donors (Lipinski definition) is 3. The van der Waals surface area contributed by atoms with Gasteiger partial charge in [0, 0.05) is 38.2 Å². The van der Waals surface area contributed by atoms with Crippen LogP contribution in [0.25, 0.3) is 0 Å². The topological polar surface area (TPSA) is 132 Å². The number of pyridine rings is 1. The highest BCUT2D eigenvalue weighted by Crippen LogP contribution is 2.06. The number of carbonyl (C=O) groups is 2. The third kappa shape index (κ3) is 17.3. The standard InChI is InChI=1S/C24H41N5O6/c1-19(2)28-29-21-9-8-20(18-27-21)22(30)25-10-6-12-32-14-16-34-17-15-33-13-7-11-26-23(31)35-24(3,4)5/h8-9,18H,6-7,10-17H2,1-5H3,(H,25,30)(H,26,31)(H,27,29). The normalized spacial score (nSPS) is 11.0. The van der Waals surface area contributed by atoms with Gasteiger partial charge in [0.1, 0.15) is 11.4 Å². The molecule has 11 heteroatoms. The van der Waals surface area contributed by atoms with Crippen molar-refractivity contribution in [3.63, 3.8) is 0 Å². The second-order valence-electron chi connectivity index (χ2n) is 8.83. The number of alkyl carbamates (subject to hydrolysis) is 1. The molecule has 2 amide bonds. The minimum atomic E-state index is -0.495. The molecule has 35 heavy (non-hydrogen) atoms. The Morgan fingerprint density at radius 3 is 1.97 bits per heavy atom. The highest BCUT2D eigenvalue weighted by Gasteiger charge is 2.15. The molecule has 1 aromatic rings. The lowest BCUT2D eigenvalue weighted by Crippen LogP contribution is -2.33. The van der Waals surface area contributed by atoms with E-state index in [1.165, 1.54) is 6.20 Å². The van der Waals surface area contributed by atoms with E-state index < -0.39 is 11.7 Å². The molecule has 0 unspecified atom stereocenters. The average molecular weight is 496 g/mol. The Hall–Kier alpha value is -2.76. The maximum absolute atomic E-state index is 12.1. The Kier molecular flexibility index (Phi) is 15.3. The van der Waals surface area contributed by atoms with Crippen LogP contribution in [0, 0.1) is 0 Å². The summed E-state index contributed by atoms with van der Waals surface area (Å²) in [6.07, 6.45) is 2.49. The molecule has 0 aliphatic carbocycles. The molecule has 1 rings (SSSR count). The lowest BCUT2D eigenvalue weighted by Gasteiger charge is -2.19. The smallest absolute Gasteiger partial charge is 0.407 e. The maximum Gasteiger partial charge on any atom is 0.407 e. The van der Waals surface area contributed by atoms with E-state index in [1.54, 1.807) is 12.1 Å². The first-order chi connectivity index (χ1) is 16.7. The zero-order valence-electron chi connectivity index (χ0n) is 21.6. The van der Waals surface area contributed by atoms with E-state index in [-0.39, 0.29) is 5.91 Å². The summed E-state index contributed by atoms with van der Waals surface area (Å²) in [5.74, 6) is 0.403. The van der Waals surface area contributed by atoms with Gasteiger partial charge in [-0.15, -0.1) is 0 Å². The van der Waals surface area contributed by atoms with Crippen molar-refractivity contribution in [1.82, 2.24) is 15.6 Å². The van der Waals surface area contributed by atoms with Gasteiger partial charge >= 0.3 is 6.09 Å². The van der Waals surface area contributed by atoms with Crippen molar-refractivity contribution in [3.05, 3.63) is 23.9 Å². The van der Waals surface area contributed by atoms with Gasteiger partial charge in [0.05, 0.1) is 32.0 Å². The number of hydrogen-bond acceptors (Lipinski definition) is 9. The third-order valence-corrected chi connectivity index (χ3v) is 4.05. The van der Waals surface area contributed by atoms with E-state index in [0.717, 1.165) is 5.71 Å². The summed E-state index contributed by atoms with van der Waals surface area (Å²) in [5, 5.41) is 9.58. The fourth-order valence-electron chi connectivity index (χ4n) is 2.46. The Balaban J connectivity index is 1.90. The van der Waals surface area contributed by atoms with Gasteiger partial charge in [-0.25, -0.2) is 9.78 Å². The summed E-state index contributed by atoms with van der Waals surface area (Å²) < 4.78 is 21.5. The minimum absolute atomic E-state index is 0.178. The molecule has 0 aliphatic rings. The number of rotatable bonds is 17. The second kappa shape index (κ2) is 17.6. The molecule has 0 radical (unpaired) electrons. The number of carbonyl (C=O) groups excluding carboxylic acids is 2. The lowest BCUT2D eigenvalue weighted by atomic mass is 10.2. The van der Waals surface area contributed by atoms with Crippen molar-refractivity contribution in [2.75, 3.05) is 58.2 Å². The zero-order chi connectivity index (χ0) is 25.9. The summed E-state index contributed by atoms with van der Waals surface area (Å²) in [5.41, 5.74) is 3.69. The Bertz CT molecular complexity index is 761. The molecule has 0 fully saturated rings. The van der Waals surface area contributed by atoms with Crippen LogP contribution in [0.1, 0.15) is 57.8 Å². The van der Waals surface area contributed by atoms with Gasteiger partial charge < -0.3 is 29.6 Å². The molecule has 0 atom stereocenters. The minimum Gasteiger partial charge on any atom is -0.444 e. The van der Waals surface area contributed by atoms with Crippen LogP contribution in [-0.4, -0.2) is 81.0 Å². The van der Waals surface area contributed by atoms with E-state index in [9.17, 15) is 9.59 Å². The van der Waals surface area contributed by atoms with Crippen LogP contribution >= 0.6 is 0 Å². The Morgan fingerprint density at radius 1 is 0.886 bits per heavy atom. The molecular weight excluding hydrogens is 454 g/mol. The second-order valence-corrected chi connectivity index (χ2v) is 8.83. The van der Waals surface area contributed by atoms with Gasteiger partial charge in [0.25, 0.3) is 5.91 Å². The third-order valence-electron chi connectivity index (χ3n) is 4.05. The SMILES string of the molecule is CC(C)=NNc1ccc(C(=O)NCCCOCCOCCOCCCNC(=O)OC(C)(C)C)cn1. The molecule has 1 aromatic heterocycles. The lowest BCUT2D eigenvalue weighted by molar-refractivity contribution is 0.0136. The fraction of sp³-hybridized carbons (Fsp3) is 0.667. The summed E-state index contributed by atoms with van der Waals surface area (Å²) >= 11 is 0. The fourth-order valence-corrected chi connectivity index (χ4v) is 2.46.